The van der Waals surface area contributed by atoms with Crippen molar-refractivity contribution in [2.75, 3.05) is 5.32 Å². The van der Waals surface area contributed by atoms with Gasteiger partial charge in [-0.3, -0.25) is 14.7 Å². The van der Waals surface area contributed by atoms with Gasteiger partial charge in [-0.05, 0) is 66.5 Å². The van der Waals surface area contributed by atoms with Crippen LogP contribution in [0.2, 0.25) is 0 Å². The predicted molar refractivity (Wildman–Crippen MR) is 120 cm³/mol. The van der Waals surface area contributed by atoms with E-state index in [1.54, 1.807) is 18.2 Å². The summed E-state index contributed by atoms with van der Waals surface area (Å²) in [6, 6.07) is 8.90. The molecule has 1 unspecified atom stereocenters. The van der Waals surface area contributed by atoms with Crippen molar-refractivity contribution in [2.45, 2.75) is 46.6 Å². The fourth-order valence-electron chi connectivity index (χ4n) is 4.03. The summed E-state index contributed by atoms with van der Waals surface area (Å²) in [5.41, 5.74) is 8.93. The monoisotopic (exact) mass is 420 g/mol. The first-order chi connectivity index (χ1) is 14.7. The summed E-state index contributed by atoms with van der Waals surface area (Å²) in [5.74, 6) is 1.24. The maximum absolute atomic E-state index is 12.8. The highest BCUT2D eigenvalue weighted by Gasteiger charge is 2.30. The largest absolute Gasteiger partial charge is 0.325 e. The van der Waals surface area contributed by atoms with Crippen LogP contribution >= 0.6 is 0 Å². The van der Waals surface area contributed by atoms with E-state index >= 15 is 0 Å². The summed E-state index contributed by atoms with van der Waals surface area (Å²) in [7, 11) is 0. The Morgan fingerprint density at radius 2 is 2.00 bits per heavy atom. The van der Waals surface area contributed by atoms with Gasteiger partial charge in [0.2, 0.25) is 0 Å². The van der Waals surface area contributed by atoms with E-state index in [1.165, 1.54) is 0 Å². The lowest BCUT2D eigenvalue weighted by Gasteiger charge is -2.34. The van der Waals surface area contributed by atoms with Crippen LogP contribution in [-0.4, -0.2) is 26.1 Å². The number of carbonyl (C=O) groups excluding carboxylic acids is 1. The Kier molecular flexibility index (Phi) is 5.49. The third-order valence-electron chi connectivity index (χ3n) is 6.02. The molecule has 1 aliphatic rings. The quantitative estimate of drug-likeness (QED) is 0.515. The van der Waals surface area contributed by atoms with Crippen LogP contribution in [0.25, 0.3) is 11.4 Å². The van der Waals surface area contributed by atoms with Crippen LogP contribution in [-0.2, 0) is 19.4 Å². The molecule has 0 aliphatic heterocycles. The molecule has 0 bridgehead atoms. The number of benzene rings is 1. The van der Waals surface area contributed by atoms with E-state index in [4.69, 9.17) is 5.73 Å². The molecule has 4 rings (SSSR count). The molecule has 162 valence electrons. The molecule has 5 N–H and O–H groups in total. The smallest absolute Gasteiger partial charge is 0.261 e. The Morgan fingerprint density at radius 3 is 2.65 bits per heavy atom. The van der Waals surface area contributed by atoms with Gasteiger partial charge in [0.15, 0.2) is 5.82 Å². The molecule has 2 aromatic heterocycles. The molecule has 1 atom stereocenters. The van der Waals surface area contributed by atoms with Gasteiger partial charge in [0.1, 0.15) is 11.4 Å². The molecule has 3 aromatic rings. The molecule has 2 heterocycles. The minimum absolute atomic E-state index is 0.138. The van der Waals surface area contributed by atoms with Gasteiger partial charge < -0.3 is 16.0 Å². The number of nitrogens with one attached hydrogen (secondary N) is 3. The van der Waals surface area contributed by atoms with Crippen LogP contribution in [0.4, 0.5) is 5.69 Å². The zero-order chi connectivity index (χ0) is 22.2. The average Bonchev–Trinajstić information content (AvgIpc) is 3.22. The fraction of sp³-hybridized carbons (Fsp3) is 0.391. The summed E-state index contributed by atoms with van der Waals surface area (Å²) < 4.78 is 0. The number of rotatable bonds is 4. The van der Waals surface area contributed by atoms with E-state index in [1.807, 2.05) is 12.1 Å². The fourth-order valence-corrected chi connectivity index (χ4v) is 4.03. The number of amides is 1. The molecule has 0 spiro atoms. The van der Waals surface area contributed by atoms with E-state index < -0.39 is 5.91 Å². The van der Waals surface area contributed by atoms with Crippen molar-refractivity contribution in [3.05, 3.63) is 63.3 Å². The lowest BCUT2D eigenvalue weighted by Crippen LogP contribution is -2.31. The Bertz CT molecular complexity index is 1150. The highest BCUT2D eigenvalue weighted by molar-refractivity contribution is 6.04. The lowest BCUT2D eigenvalue weighted by atomic mass is 9.71. The van der Waals surface area contributed by atoms with E-state index in [9.17, 15) is 9.59 Å². The molecule has 8 nitrogen and oxygen atoms in total. The van der Waals surface area contributed by atoms with E-state index in [0.717, 1.165) is 36.1 Å². The van der Waals surface area contributed by atoms with Crippen LogP contribution in [0.3, 0.4) is 0 Å². The molecule has 8 heteroatoms. The molecule has 31 heavy (non-hydrogen) atoms. The van der Waals surface area contributed by atoms with Gasteiger partial charge in [0.05, 0.1) is 6.54 Å². The first kappa shape index (κ1) is 21.0. The Morgan fingerprint density at radius 1 is 1.26 bits per heavy atom. The number of nitrogens with zero attached hydrogens (tertiary/aromatic N) is 2. The van der Waals surface area contributed by atoms with Gasteiger partial charge in [0, 0.05) is 16.9 Å². The number of H-pyrrole nitrogens is 2. The number of aromatic nitrogens is 4. The van der Waals surface area contributed by atoms with Crippen molar-refractivity contribution in [1.29, 1.82) is 0 Å². The summed E-state index contributed by atoms with van der Waals surface area (Å²) in [4.78, 5) is 32.6. The zero-order valence-corrected chi connectivity index (χ0v) is 18.1. The molecule has 1 amide bonds. The van der Waals surface area contributed by atoms with Crippen molar-refractivity contribution in [3.63, 3.8) is 0 Å². The average molecular weight is 421 g/mol. The SMILES string of the molecule is CC(C)(C)C1CCc2[nH]c(=O)c(C(=O)Nc3ccc(-c4n[nH]c(CN)n4)cc3)cc2C1. The molecule has 1 aliphatic carbocycles. The second kappa shape index (κ2) is 8.11. The second-order valence-corrected chi connectivity index (χ2v) is 9.16. The van der Waals surface area contributed by atoms with Crippen molar-refractivity contribution in [3.8, 4) is 11.4 Å². The third kappa shape index (κ3) is 4.44. The second-order valence-electron chi connectivity index (χ2n) is 9.16. The van der Waals surface area contributed by atoms with E-state index in [-0.39, 0.29) is 23.1 Å². The third-order valence-corrected chi connectivity index (χ3v) is 6.02. The van der Waals surface area contributed by atoms with Gasteiger partial charge in [-0.15, -0.1) is 0 Å². The van der Waals surface area contributed by atoms with E-state index in [2.05, 4.69) is 46.3 Å². The van der Waals surface area contributed by atoms with Gasteiger partial charge in [0.25, 0.3) is 11.5 Å². The van der Waals surface area contributed by atoms with Crippen LogP contribution < -0.4 is 16.6 Å². The summed E-state index contributed by atoms with van der Waals surface area (Å²) >= 11 is 0. The number of carbonyl (C=O) groups is 1. The Labute approximate surface area is 180 Å². The van der Waals surface area contributed by atoms with Crippen LogP contribution in [0.5, 0.6) is 0 Å². The number of aromatic amines is 2. The number of pyridine rings is 1. The Balaban J connectivity index is 1.52. The number of aryl methyl sites for hydroxylation is 1. The summed E-state index contributed by atoms with van der Waals surface area (Å²) in [6.07, 6.45) is 2.75. The maximum Gasteiger partial charge on any atom is 0.261 e. The van der Waals surface area contributed by atoms with Crippen LogP contribution in [0.15, 0.2) is 35.1 Å². The van der Waals surface area contributed by atoms with Crippen molar-refractivity contribution >= 4 is 11.6 Å². The zero-order valence-electron chi connectivity index (χ0n) is 18.1. The van der Waals surface area contributed by atoms with Gasteiger partial charge in [-0.1, -0.05) is 20.8 Å². The molecule has 0 fully saturated rings. The van der Waals surface area contributed by atoms with Crippen LogP contribution in [0, 0.1) is 11.3 Å². The van der Waals surface area contributed by atoms with E-state index in [0.29, 0.717) is 23.3 Å². The van der Waals surface area contributed by atoms with Crippen molar-refractivity contribution in [1.82, 2.24) is 20.2 Å². The van der Waals surface area contributed by atoms with Gasteiger partial charge in [-0.2, -0.15) is 5.10 Å². The molecule has 1 aromatic carbocycles. The number of fused-ring (bicyclic) bond motifs is 1. The molecule has 0 saturated carbocycles. The van der Waals surface area contributed by atoms with Gasteiger partial charge in [-0.25, -0.2) is 4.98 Å². The molecular formula is C23H28N6O2. The predicted octanol–water partition coefficient (Wildman–Crippen LogP) is 3.02. The highest BCUT2D eigenvalue weighted by atomic mass is 16.2. The lowest BCUT2D eigenvalue weighted by molar-refractivity contribution is 0.102. The number of hydrogen-bond donors (Lipinski definition) is 4. The first-order valence-corrected chi connectivity index (χ1v) is 10.5. The minimum Gasteiger partial charge on any atom is -0.325 e. The summed E-state index contributed by atoms with van der Waals surface area (Å²) in [5, 5.41) is 9.71. The van der Waals surface area contributed by atoms with Gasteiger partial charge >= 0.3 is 0 Å². The number of anilines is 1. The summed E-state index contributed by atoms with van der Waals surface area (Å²) in [6.45, 7) is 7.00. The highest BCUT2D eigenvalue weighted by Crippen LogP contribution is 2.36. The number of hydrogen-bond acceptors (Lipinski definition) is 5. The molecule has 0 radical (unpaired) electrons. The Hall–Kier alpha value is -3.26. The maximum atomic E-state index is 12.8. The topological polar surface area (TPSA) is 130 Å². The number of nitrogens with two attached hydrogens (primary N) is 1. The van der Waals surface area contributed by atoms with Crippen LogP contribution in [0.1, 0.15) is 54.6 Å². The normalized spacial score (nSPS) is 16.1. The standard InChI is InChI=1S/C23H28N6O2/c1-23(2,3)15-6-9-18-14(10-15)11-17(22(31)26-18)21(30)25-16-7-4-13(5-8-16)20-27-19(12-24)28-29-20/h4-5,7-8,11,15H,6,9-10,12,24H2,1-3H3,(H,25,30)(H,26,31)(H,27,28,29). The van der Waals surface area contributed by atoms with Crippen molar-refractivity contribution < 1.29 is 4.79 Å². The first-order valence-electron chi connectivity index (χ1n) is 10.5. The minimum atomic E-state index is -0.419. The van der Waals surface area contributed by atoms with Crippen molar-refractivity contribution in [2.24, 2.45) is 17.1 Å². The molecule has 0 saturated heterocycles. The molecular weight excluding hydrogens is 392 g/mol.